The molecule has 0 bridgehead atoms. The van der Waals surface area contributed by atoms with Gasteiger partial charge in [0.05, 0.1) is 7.11 Å². The van der Waals surface area contributed by atoms with Crippen molar-refractivity contribution in [3.05, 3.63) is 23.8 Å². The third-order valence-electron chi connectivity index (χ3n) is 3.22. The van der Waals surface area contributed by atoms with Gasteiger partial charge in [0, 0.05) is 22.7 Å². The van der Waals surface area contributed by atoms with Gasteiger partial charge < -0.3 is 10.1 Å². The topological polar surface area (TPSA) is 21.3 Å². The summed E-state index contributed by atoms with van der Waals surface area (Å²) >= 11 is 1.97. The maximum absolute atomic E-state index is 5.28. The Morgan fingerprint density at radius 1 is 1.31 bits per heavy atom. The molecule has 0 radical (unpaired) electrons. The van der Waals surface area contributed by atoms with Crippen LogP contribution in [0.15, 0.2) is 23.1 Å². The van der Waals surface area contributed by atoms with Gasteiger partial charge in [0.15, 0.2) is 0 Å². The summed E-state index contributed by atoms with van der Waals surface area (Å²) < 4.78 is 5.28. The lowest BCUT2D eigenvalue weighted by Crippen LogP contribution is -2.36. The van der Waals surface area contributed by atoms with Crippen molar-refractivity contribution in [1.82, 2.24) is 5.32 Å². The van der Waals surface area contributed by atoms with Gasteiger partial charge >= 0.3 is 0 Å². The second kappa shape index (κ2) is 4.30. The number of benzene rings is 1. The predicted molar refractivity (Wildman–Crippen MR) is 67.4 cm³/mol. The Morgan fingerprint density at radius 2 is 2.19 bits per heavy atom. The Labute approximate surface area is 101 Å². The average Bonchev–Trinajstić information content (AvgIpc) is 3.12. The van der Waals surface area contributed by atoms with Gasteiger partial charge in [-0.1, -0.05) is 0 Å². The number of ether oxygens (including phenoxy) is 1. The van der Waals surface area contributed by atoms with E-state index in [-0.39, 0.29) is 0 Å². The highest BCUT2D eigenvalue weighted by Gasteiger charge is 2.27. The summed E-state index contributed by atoms with van der Waals surface area (Å²) in [6.45, 7) is 0. The standard InChI is InChI=1S/C13H17NOS/c1-15-12-4-5-13-9(7-12)6-11(8-16-13)14-10-2-3-10/h4-5,7,10-11,14H,2-3,6,8H2,1H3. The molecule has 86 valence electrons. The molecule has 1 aromatic carbocycles. The van der Waals surface area contributed by atoms with E-state index in [0.29, 0.717) is 6.04 Å². The Morgan fingerprint density at radius 3 is 2.94 bits per heavy atom. The fourth-order valence-electron chi connectivity index (χ4n) is 2.19. The molecule has 1 unspecified atom stereocenters. The molecule has 0 spiro atoms. The largest absolute Gasteiger partial charge is 0.497 e. The van der Waals surface area contributed by atoms with Crippen LogP contribution in [0.4, 0.5) is 0 Å². The zero-order valence-electron chi connectivity index (χ0n) is 9.53. The molecule has 2 nitrogen and oxygen atoms in total. The van der Waals surface area contributed by atoms with E-state index in [1.807, 2.05) is 11.8 Å². The second-order valence-electron chi connectivity index (χ2n) is 4.63. The van der Waals surface area contributed by atoms with E-state index in [4.69, 9.17) is 4.74 Å². The molecular formula is C13H17NOS. The van der Waals surface area contributed by atoms with Crippen molar-refractivity contribution in [3.8, 4) is 5.75 Å². The predicted octanol–water partition coefficient (Wildman–Crippen LogP) is 2.46. The van der Waals surface area contributed by atoms with Gasteiger partial charge in [0.25, 0.3) is 0 Å². The van der Waals surface area contributed by atoms with Crippen LogP contribution in [0.25, 0.3) is 0 Å². The summed E-state index contributed by atoms with van der Waals surface area (Å²) in [4.78, 5) is 1.43. The molecule has 0 saturated heterocycles. The Balaban J connectivity index is 1.74. The van der Waals surface area contributed by atoms with Gasteiger partial charge in [-0.3, -0.25) is 0 Å². The summed E-state index contributed by atoms with van der Waals surface area (Å²) in [6.07, 6.45) is 3.88. The lowest BCUT2D eigenvalue weighted by Gasteiger charge is -2.25. The van der Waals surface area contributed by atoms with Gasteiger partial charge in [-0.2, -0.15) is 0 Å². The second-order valence-corrected chi connectivity index (χ2v) is 5.69. The zero-order valence-corrected chi connectivity index (χ0v) is 10.3. The summed E-state index contributed by atoms with van der Waals surface area (Å²) in [6, 6.07) is 7.88. The molecule has 1 N–H and O–H groups in total. The third kappa shape index (κ3) is 2.20. The smallest absolute Gasteiger partial charge is 0.119 e. The van der Waals surface area contributed by atoms with Gasteiger partial charge in [0.1, 0.15) is 5.75 Å². The van der Waals surface area contributed by atoms with E-state index >= 15 is 0 Å². The highest BCUT2D eigenvalue weighted by atomic mass is 32.2. The highest BCUT2D eigenvalue weighted by molar-refractivity contribution is 7.99. The first kappa shape index (κ1) is 10.5. The van der Waals surface area contributed by atoms with Crippen molar-refractivity contribution >= 4 is 11.8 Å². The average molecular weight is 235 g/mol. The molecule has 1 fully saturated rings. The molecule has 3 heteroatoms. The van der Waals surface area contributed by atoms with Crippen LogP contribution in [0, 0.1) is 0 Å². The number of methoxy groups -OCH3 is 1. The van der Waals surface area contributed by atoms with Crippen molar-refractivity contribution in [1.29, 1.82) is 0 Å². The summed E-state index contributed by atoms with van der Waals surface area (Å²) in [5.41, 5.74) is 1.44. The van der Waals surface area contributed by atoms with Crippen LogP contribution in [-0.2, 0) is 6.42 Å². The Bertz CT molecular complexity index is 390. The molecule has 2 aliphatic rings. The first-order valence-electron chi connectivity index (χ1n) is 5.91. The Hall–Kier alpha value is -0.670. The van der Waals surface area contributed by atoms with E-state index in [9.17, 15) is 0 Å². The minimum atomic E-state index is 0.650. The number of hydrogen-bond acceptors (Lipinski definition) is 3. The molecule has 1 saturated carbocycles. The van der Waals surface area contributed by atoms with Crippen molar-refractivity contribution in [2.24, 2.45) is 0 Å². The number of nitrogens with one attached hydrogen (secondary N) is 1. The van der Waals surface area contributed by atoms with Crippen molar-refractivity contribution < 1.29 is 4.74 Å². The van der Waals surface area contributed by atoms with E-state index in [1.54, 1.807) is 7.11 Å². The first-order chi connectivity index (χ1) is 7.85. The van der Waals surface area contributed by atoms with Crippen LogP contribution in [0.1, 0.15) is 18.4 Å². The molecule has 1 aliphatic heterocycles. The normalized spacial score (nSPS) is 23.9. The van der Waals surface area contributed by atoms with Gasteiger partial charge in [0.2, 0.25) is 0 Å². The van der Waals surface area contributed by atoms with Gasteiger partial charge in [-0.25, -0.2) is 0 Å². The number of fused-ring (bicyclic) bond motifs is 1. The maximum Gasteiger partial charge on any atom is 0.119 e. The van der Waals surface area contributed by atoms with Crippen LogP contribution in [0.3, 0.4) is 0 Å². The van der Waals surface area contributed by atoms with E-state index in [1.165, 1.54) is 29.1 Å². The van der Waals surface area contributed by atoms with Crippen LogP contribution in [0.2, 0.25) is 0 Å². The number of hydrogen-bond donors (Lipinski definition) is 1. The fraction of sp³-hybridized carbons (Fsp3) is 0.538. The monoisotopic (exact) mass is 235 g/mol. The molecular weight excluding hydrogens is 218 g/mol. The van der Waals surface area contributed by atoms with E-state index in [0.717, 1.165) is 18.2 Å². The highest BCUT2D eigenvalue weighted by Crippen LogP contribution is 2.33. The molecule has 1 heterocycles. The van der Waals surface area contributed by atoms with Crippen LogP contribution >= 0.6 is 11.8 Å². The van der Waals surface area contributed by atoms with E-state index < -0.39 is 0 Å². The number of rotatable bonds is 3. The minimum absolute atomic E-state index is 0.650. The fourth-order valence-corrected chi connectivity index (χ4v) is 3.27. The molecule has 1 atom stereocenters. The van der Waals surface area contributed by atoms with Gasteiger partial charge in [-0.05, 0) is 43.0 Å². The lowest BCUT2D eigenvalue weighted by molar-refractivity contribution is 0.413. The summed E-state index contributed by atoms with van der Waals surface area (Å²) in [7, 11) is 1.73. The van der Waals surface area contributed by atoms with Crippen molar-refractivity contribution in [2.45, 2.75) is 36.2 Å². The lowest BCUT2D eigenvalue weighted by atomic mass is 10.1. The summed E-state index contributed by atoms with van der Waals surface area (Å²) in [5, 5.41) is 3.71. The van der Waals surface area contributed by atoms with Crippen molar-refractivity contribution in [3.63, 3.8) is 0 Å². The zero-order chi connectivity index (χ0) is 11.0. The quantitative estimate of drug-likeness (QED) is 0.869. The molecule has 1 aliphatic carbocycles. The van der Waals surface area contributed by atoms with Crippen LogP contribution in [-0.4, -0.2) is 24.9 Å². The Kier molecular flexibility index (Phi) is 2.82. The van der Waals surface area contributed by atoms with Crippen LogP contribution in [0.5, 0.6) is 5.75 Å². The maximum atomic E-state index is 5.28. The molecule has 0 aromatic heterocycles. The number of thioether (sulfide) groups is 1. The third-order valence-corrected chi connectivity index (χ3v) is 4.50. The summed E-state index contributed by atoms with van der Waals surface area (Å²) in [5.74, 6) is 2.18. The molecule has 1 aromatic rings. The van der Waals surface area contributed by atoms with E-state index in [2.05, 4.69) is 23.5 Å². The first-order valence-corrected chi connectivity index (χ1v) is 6.89. The molecule has 16 heavy (non-hydrogen) atoms. The SMILES string of the molecule is COc1ccc2c(c1)CC(NC1CC1)CS2. The van der Waals surface area contributed by atoms with Crippen molar-refractivity contribution in [2.75, 3.05) is 12.9 Å². The van der Waals surface area contributed by atoms with Crippen LogP contribution < -0.4 is 10.1 Å². The molecule has 3 rings (SSSR count). The minimum Gasteiger partial charge on any atom is -0.497 e. The molecule has 0 amide bonds. The van der Waals surface area contributed by atoms with Gasteiger partial charge in [-0.15, -0.1) is 11.8 Å².